The lowest BCUT2D eigenvalue weighted by molar-refractivity contribution is 0.0667. The summed E-state index contributed by atoms with van der Waals surface area (Å²) in [5.74, 6) is 0.466. The molecular formula is C10H19N3O. The Morgan fingerprint density at radius 1 is 1.64 bits per heavy atom. The average Bonchev–Trinajstić information content (AvgIpc) is 2.35. The first-order chi connectivity index (χ1) is 6.58. The fraction of sp³-hybridized carbons (Fsp3) is 0.900. The summed E-state index contributed by atoms with van der Waals surface area (Å²) < 4.78 is 0. The number of urea groups is 1. The van der Waals surface area contributed by atoms with E-state index in [1.807, 2.05) is 4.90 Å². The molecule has 0 saturated carbocycles. The molecule has 0 aromatic heterocycles. The van der Waals surface area contributed by atoms with E-state index < -0.39 is 0 Å². The summed E-state index contributed by atoms with van der Waals surface area (Å²) in [4.78, 5) is 13.4. The second-order valence-corrected chi connectivity index (χ2v) is 4.79. The largest absolute Gasteiger partial charge is 0.351 e. The van der Waals surface area contributed by atoms with E-state index in [1.54, 1.807) is 0 Å². The Kier molecular flexibility index (Phi) is 2.18. The fourth-order valence-corrected chi connectivity index (χ4v) is 3.02. The number of carbonyl (C=O) groups is 1. The lowest BCUT2D eigenvalue weighted by atomic mass is 9.83. The number of carbonyl (C=O) groups excluding carboxylic acids is 1. The standard InChI is InChI=1S/C10H19N3O/c1-7(2)10-4-3-8(5-12-6-10)13(10)9(11)14/h7-8,12H,3-6H2,1-2H3,(H2,11,14). The van der Waals surface area contributed by atoms with Crippen molar-refractivity contribution in [2.75, 3.05) is 13.1 Å². The molecule has 0 aliphatic carbocycles. The number of nitrogens with zero attached hydrogens (tertiary/aromatic N) is 1. The van der Waals surface area contributed by atoms with Crippen molar-refractivity contribution in [1.29, 1.82) is 0 Å². The van der Waals surface area contributed by atoms with Crippen molar-refractivity contribution in [2.45, 2.75) is 38.3 Å². The fourth-order valence-electron chi connectivity index (χ4n) is 3.02. The smallest absolute Gasteiger partial charge is 0.315 e. The highest BCUT2D eigenvalue weighted by atomic mass is 16.2. The Morgan fingerprint density at radius 2 is 2.36 bits per heavy atom. The topological polar surface area (TPSA) is 58.4 Å². The van der Waals surface area contributed by atoms with Gasteiger partial charge in [0.25, 0.3) is 0 Å². The molecule has 2 unspecified atom stereocenters. The third-order valence-electron chi connectivity index (χ3n) is 3.88. The Bertz CT molecular complexity index is 250. The van der Waals surface area contributed by atoms with Crippen molar-refractivity contribution in [2.24, 2.45) is 11.7 Å². The quantitative estimate of drug-likeness (QED) is 0.644. The molecule has 0 radical (unpaired) electrons. The first kappa shape index (κ1) is 9.77. The number of hydrogen-bond acceptors (Lipinski definition) is 2. The third kappa shape index (κ3) is 1.13. The summed E-state index contributed by atoms with van der Waals surface area (Å²) in [6, 6.07) is 0.0753. The third-order valence-corrected chi connectivity index (χ3v) is 3.88. The van der Waals surface area contributed by atoms with Crippen LogP contribution >= 0.6 is 0 Å². The van der Waals surface area contributed by atoms with Crippen LogP contribution in [-0.4, -0.2) is 35.6 Å². The summed E-state index contributed by atoms with van der Waals surface area (Å²) in [5.41, 5.74) is 5.45. The zero-order valence-corrected chi connectivity index (χ0v) is 8.92. The normalized spacial score (nSPS) is 36.5. The summed E-state index contributed by atoms with van der Waals surface area (Å²) in [7, 11) is 0. The van der Waals surface area contributed by atoms with Crippen LogP contribution in [0.4, 0.5) is 4.79 Å². The maximum Gasteiger partial charge on any atom is 0.315 e. The molecule has 2 saturated heterocycles. The van der Waals surface area contributed by atoms with E-state index >= 15 is 0 Å². The van der Waals surface area contributed by atoms with Crippen LogP contribution in [0.3, 0.4) is 0 Å². The van der Waals surface area contributed by atoms with Gasteiger partial charge in [0.15, 0.2) is 0 Å². The predicted octanol–water partition coefficient (Wildman–Crippen LogP) is 0.528. The van der Waals surface area contributed by atoms with Gasteiger partial charge in [0.05, 0.1) is 5.54 Å². The minimum atomic E-state index is -0.247. The molecule has 2 heterocycles. The molecule has 0 spiro atoms. The van der Waals surface area contributed by atoms with Crippen LogP contribution < -0.4 is 11.1 Å². The van der Waals surface area contributed by atoms with Gasteiger partial charge in [-0.25, -0.2) is 4.79 Å². The summed E-state index contributed by atoms with van der Waals surface area (Å²) >= 11 is 0. The Balaban J connectivity index is 2.32. The Labute approximate surface area is 84.8 Å². The molecule has 0 aromatic rings. The van der Waals surface area contributed by atoms with Crippen molar-refractivity contribution in [3.8, 4) is 0 Å². The summed E-state index contributed by atoms with van der Waals surface area (Å²) in [5, 5.41) is 3.40. The van der Waals surface area contributed by atoms with Gasteiger partial charge in [-0.15, -0.1) is 0 Å². The minimum Gasteiger partial charge on any atom is -0.351 e. The molecular weight excluding hydrogens is 178 g/mol. The number of fused-ring (bicyclic) bond motifs is 2. The van der Waals surface area contributed by atoms with Crippen molar-refractivity contribution in [1.82, 2.24) is 10.2 Å². The first-order valence-electron chi connectivity index (χ1n) is 5.37. The van der Waals surface area contributed by atoms with Gasteiger partial charge in [0.2, 0.25) is 0 Å². The van der Waals surface area contributed by atoms with Gasteiger partial charge in [-0.1, -0.05) is 13.8 Å². The highest BCUT2D eigenvalue weighted by Crippen LogP contribution is 2.40. The molecule has 2 aliphatic rings. The maximum absolute atomic E-state index is 11.4. The van der Waals surface area contributed by atoms with Gasteiger partial charge >= 0.3 is 6.03 Å². The molecule has 2 amide bonds. The van der Waals surface area contributed by atoms with E-state index in [2.05, 4.69) is 19.2 Å². The van der Waals surface area contributed by atoms with Crippen molar-refractivity contribution in [3.63, 3.8) is 0 Å². The second kappa shape index (κ2) is 3.12. The Morgan fingerprint density at radius 3 is 2.86 bits per heavy atom. The van der Waals surface area contributed by atoms with Crippen LogP contribution in [-0.2, 0) is 0 Å². The zero-order valence-electron chi connectivity index (χ0n) is 8.92. The number of nitrogens with one attached hydrogen (secondary N) is 1. The Hall–Kier alpha value is -0.770. The first-order valence-corrected chi connectivity index (χ1v) is 5.37. The molecule has 2 fully saturated rings. The predicted molar refractivity (Wildman–Crippen MR) is 54.9 cm³/mol. The zero-order chi connectivity index (χ0) is 10.3. The SMILES string of the molecule is CC(C)C12CCC(CNC1)N2C(N)=O. The number of hydrogen-bond donors (Lipinski definition) is 2. The van der Waals surface area contributed by atoms with Gasteiger partial charge in [0, 0.05) is 19.1 Å². The average molecular weight is 197 g/mol. The molecule has 2 aliphatic heterocycles. The molecule has 2 bridgehead atoms. The molecule has 4 nitrogen and oxygen atoms in total. The van der Waals surface area contributed by atoms with Crippen LogP contribution in [0.25, 0.3) is 0 Å². The van der Waals surface area contributed by atoms with E-state index in [0.29, 0.717) is 12.0 Å². The molecule has 4 heteroatoms. The number of nitrogens with two attached hydrogens (primary N) is 1. The van der Waals surface area contributed by atoms with Gasteiger partial charge in [-0.2, -0.15) is 0 Å². The number of primary amides is 1. The summed E-state index contributed by atoms with van der Waals surface area (Å²) in [6.45, 7) is 6.14. The lowest BCUT2D eigenvalue weighted by Gasteiger charge is -2.47. The van der Waals surface area contributed by atoms with Crippen LogP contribution in [0, 0.1) is 5.92 Å². The highest BCUT2D eigenvalue weighted by molar-refractivity contribution is 5.74. The van der Waals surface area contributed by atoms with E-state index in [4.69, 9.17) is 5.73 Å². The lowest BCUT2D eigenvalue weighted by Crippen LogP contribution is -2.65. The van der Waals surface area contributed by atoms with Crippen LogP contribution in [0.1, 0.15) is 26.7 Å². The van der Waals surface area contributed by atoms with E-state index in [-0.39, 0.29) is 11.6 Å². The summed E-state index contributed by atoms with van der Waals surface area (Å²) in [6.07, 6.45) is 2.18. The van der Waals surface area contributed by atoms with Gasteiger partial charge < -0.3 is 16.0 Å². The maximum atomic E-state index is 11.4. The number of rotatable bonds is 1. The molecule has 80 valence electrons. The van der Waals surface area contributed by atoms with Gasteiger partial charge in [-0.05, 0) is 18.8 Å². The van der Waals surface area contributed by atoms with Gasteiger partial charge in [0.1, 0.15) is 0 Å². The van der Waals surface area contributed by atoms with Crippen LogP contribution in [0.15, 0.2) is 0 Å². The van der Waals surface area contributed by atoms with Gasteiger partial charge in [-0.3, -0.25) is 0 Å². The van der Waals surface area contributed by atoms with Crippen LogP contribution in [0.2, 0.25) is 0 Å². The molecule has 2 atom stereocenters. The van der Waals surface area contributed by atoms with E-state index in [0.717, 1.165) is 25.9 Å². The monoisotopic (exact) mass is 197 g/mol. The highest BCUT2D eigenvalue weighted by Gasteiger charge is 2.52. The second-order valence-electron chi connectivity index (χ2n) is 4.79. The van der Waals surface area contributed by atoms with Crippen LogP contribution in [0.5, 0.6) is 0 Å². The van der Waals surface area contributed by atoms with Crippen molar-refractivity contribution in [3.05, 3.63) is 0 Å². The molecule has 3 N–H and O–H groups in total. The van der Waals surface area contributed by atoms with E-state index in [1.165, 1.54) is 0 Å². The molecule has 14 heavy (non-hydrogen) atoms. The molecule has 2 rings (SSSR count). The number of piperazine rings is 1. The van der Waals surface area contributed by atoms with E-state index in [9.17, 15) is 4.79 Å². The minimum absolute atomic E-state index is 0.0191. The number of amides is 2. The molecule has 0 aromatic carbocycles. The van der Waals surface area contributed by atoms with Crippen molar-refractivity contribution < 1.29 is 4.79 Å². The van der Waals surface area contributed by atoms with Crippen molar-refractivity contribution >= 4 is 6.03 Å².